The van der Waals surface area contributed by atoms with E-state index in [0.29, 0.717) is 5.88 Å². The van der Waals surface area contributed by atoms with Crippen molar-refractivity contribution in [2.75, 3.05) is 5.32 Å². The second-order valence-electron chi connectivity index (χ2n) is 2.45. The Hall–Kier alpha value is -2.31. The van der Waals surface area contributed by atoms with Gasteiger partial charge >= 0.3 is 5.97 Å². The van der Waals surface area contributed by atoms with Gasteiger partial charge in [0.15, 0.2) is 6.39 Å². The van der Waals surface area contributed by atoms with E-state index < -0.39 is 5.97 Å². The first-order chi connectivity index (χ1) is 6.77. The first-order valence-electron chi connectivity index (χ1n) is 3.69. The Morgan fingerprint density at radius 2 is 2.43 bits per heavy atom. The Morgan fingerprint density at radius 3 is 3.07 bits per heavy atom. The lowest BCUT2D eigenvalue weighted by Crippen LogP contribution is -1.99. The van der Waals surface area contributed by atoms with Gasteiger partial charge in [0, 0.05) is 0 Å². The molecule has 0 atom stereocenters. The maximum atomic E-state index is 10.7. The summed E-state index contributed by atoms with van der Waals surface area (Å²) in [6.07, 6.45) is 3.87. The number of aromatic carboxylic acids is 1. The molecular formula is C7H6N4O3. The molecule has 3 N–H and O–H groups in total. The summed E-state index contributed by atoms with van der Waals surface area (Å²) in [5.74, 6) is -0.466. The molecule has 0 bridgehead atoms. The van der Waals surface area contributed by atoms with Crippen LogP contribution in [0.4, 0.5) is 11.7 Å². The minimum absolute atomic E-state index is 0.0430. The Morgan fingerprint density at radius 1 is 1.57 bits per heavy atom. The van der Waals surface area contributed by atoms with Gasteiger partial charge in [-0.15, -0.1) is 0 Å². The largest absolute Gasteiger partial charge is 0.477 e. The van der Waals surface area contributed by atoms with Crippen LogP contribution in [-0.2, 0) is 0 Å². The lowest BCUT2D eigenvalue weighted by molar-refractivity contribution is 0.0698. The van der Waals surface area contributed by atoms with Crippen LogP contribution in [0.3, 0.4) is 0 Å². The average Bonchev–Trinajstić information content (AvgIpc) is 2.75. The fourth-order valence-electron chi connectivity index (χ4n) is 0.944. The van der Waals surface area contributed by atoms with E-state index in [1.807, 2.05) is 0 Å². The number of carbonyl (C=O) groups is 1. The summed E-state index contributed by atoms with van der Waals surface area (Å²) >= 11 is 0. The van der Waals surface area contributed by atoms with Crippen LogP contribution < -0.4 is 5.32 Å². The van der Waals surface area contributed by atoms with Crippen molar-refractivity contribution in [3.05, 3.63) is 24.4 Å². The smallest absolute Gasteiger partial charge is 0.341 e. The lowest BCUT2D eigenvalue weighted by Gasteiger charge is -1.98. The average molecular weight is 194 g/mol. The van der Waals surface area contributed by atoms with Crippen molar-refractivity contribution in [3.63, 3.8) is 0 Å². The molecule has 0 saturated heterocycles. The predicted octanol–water partition coefficient (Wildman–Crippen LogP) is 0.839. The standard InChI is InChI=1S/C7H6N4O3/c12-7(13)4-1-9-11-6(4)10-5-2-8-3-14-5/h1-3H,(H,12,13)(H2,9,10,11). The van der Waals surface area contributed by atoms with Crippen molar-refractivity contribution in [1.82, 2.24) is 15.2 Å². The first-order valence-corrected chi connectivity index (χ1v) is 3.69. The second-order valence-corrected chi connectivity index (χ2v) is 2.45. The van der Waals surface area contributed by atoms with E-state index in [-0.39, 0.29) is 11.4 Å². The maximum absolute atomic E-state index is 10.7. The molecule has 0 radical (unpaired) electrons. The minimum atomic E-state index is -1.07. The Bertz CT molecular complexity index is 433. The van der Waals surface area contributed by atoms with Crippen LogP contribution in [-0.4, -0.2) is 26.3 Å². The van der Waals surface area contributed by atoms with Crippen LogP contribution in [0.1, 0.15) is 10.4 Å². The Labute approximate surface area is 77.8 Å². The topological polar surface area (TPSA) is 104 Å². The van der Waals surface area contributed by atoms with Crippen molar-refractivity contribution < 1.29 is 14.3 Å². The van der Waals surface area contributed by atoms with Crippen LogP contribution in [0, 0.1) is 0 Å². The number of nitrogens with zero attached hydrogens (tertiary/aromatic N) is 2. The molecule has 14 heavy (non-hydrogen) atoms. The lowest BCUT2D eigenvalue weighted by atomic mass is 10.3. The Balaban J connectivity index is 2.25. The van der Waals surface area contributed by atoms with Gasteiger partial charge in [-0.3, -0.25) is 5.10 Å². The number of oxazole rings is 1. The number of aromatic amines is 1. The van der Waals surface area contributed by atoms with Crippen molar-refractivity contribution in [3.8, 4) is 0 Å². The number of anilines is 2. The normalized spacial score (nSPS) is 10.0. The van der Waals surface area contributed by atoms with E-state index in [2.05, 4.69) is 20.5 Å². The zero-order valence-electron chi connectivity index (χ0n) is 6.89. The van der Waals surface area contributed by atoms with Gasteiger partial charge < -0.3 is 14.8 Å². The summed E-state index contributed by atoms with van der Waals surface area (Å²) in [7, 11) is 0. The van der Waals surface area contributed by atoms with Crippen molar-refractivity contribution in [2.45, 2.75) is 0 Å². The van der Waals surface area contributed by atoms with Gasteiger partial charge in [-0.05, 0) is 0 Å². The minimum Gasteiger partial charge on any atom is -0.477 e. The molecule has 0 aromatic carbocycles. The van der Waals surface area contributed by atoms with Crippen molar-refractivity contribution >= 4 is 17.7 Å². The molecule has 2 rings (SSSR count). The number of hydrogen-bond acceptors (Lipinski definition) is 5. The summed E-state index contributed by atoms with van der Waals surface area (Å²) in [6.45, 7) is 0. The highest BCUT2D eigenvalue weighted by atomic mass is 16.4. The molecule has 0 aliphatic rings. The van der Waals surface area contributed by atoms with Crippen molar-refractivity contribution in [1.29, 1.82) is 0 Å². The van der Waals surface area contributed by atoms with E-state index in [4.69, 9.17) is 9.52 Å². The summed E-state index contributed by atoms with van der Waals surface area (Å²) in [4.78, 5) is 14.3. The highest BCUT2D eigenvalue weighted by Gasteiger charge is 2.12. The molecule has 0 saturated carbocycles. The fraction of sp³-hybridized carbons (Fsp3) is 0. The molecule has 0 unspecified atom stereocenters. The summed E-state index contributed by atoms with van der Waals surface area (Å²) < 4.78 is 4.88. The SMILES string of the molecule is O=C(O)c1cn[nH]c1Nc1cnco1. The van der Waals surface area contributed by atoms with E-state index in [1.54, 1.807) is 0 Å². The number of aromatic nitrogens is 3. The number of H-pyrrole nitrogens is 1. The fourth-order valence-corrected chi connectivity index (χ4v) is 0.944. The second kappa shape index (κ2) is 3.21. The number of carboxylic acid groups (broad SMARTS) is 1. The molecule has 0 spiro atoms. The van der Waals surface area contributed by atoms with Crippen LogP contribution in [0.25, 0.3) is 0 Å². The molecule has 2 aromatic rings. The van der Waals surface area contributed by atoms with E-state index in [0.717, 1.165) is 0 Å². The van der Waals surface area contributed by atoms with Gasteiger partial charge in [-0.2, -0.15) is 5.10 Å². The highest BCUT2D eigenvalue weighted by Crippen LogP contribution is 2.16. The molecule has 0 aliphatic heterocycles. The van der Waals surface area contributed by atoms with Gasteiger partial charge in [-0.1, -0.05) is 0 Å². The third-order valence-electron chi connectivity index (χ3n) is 1.55. The highest BCUT2D eigenvalue weighted by molar-refractivity contribution is 5.93. The monoisotopic (exact) mass is 194 g/mol. The maximum Gasteiger partial charge on any atom is 0.341 e. The van der Waals surface area contributed by atoms with Crippen molar-refractivity contribution in [2.24, 2.45) is 0 Å². The molecule has 2 heterocycles. The van der Waals surface area contributed by atoms with E-state index >= 15 is 0 Å². The predicted molar refractivity (Wildman–Crippen MR) is 45.3 cm³/mol. The summed E-state index contributed by atoms with van der Waals surface area (Å²) in [5.41, 5.74) is 0.0430. The molecule has 7 heteroatoms. The Kier molecular flexibility index (Phi) is 1.90. The molecule has 0 fully saturated rings. The van der Waals surface area contributed by atoms with Gasteiger partial charge in [0.25, 0.3) is 0 Å². The third-order valence-corrected chi connectivity index (χ3v) is 1.55. The van der Waals surface area contributed by atoms with Gasteiger partial charge in [0.1, 0.15) is 11.4 Å². The molecule has 72 valence electrons. The molecule has 2 aromatic heterocycles. The zero-order valence-corrected chi connectivity index (χ0v) is 6.89. The summed E-state index contributed by atoms with van der Waals surface area (Å²) in [5, 5.41) is 17.5. The molecule has 0 aliphatic carbocycles. The number of carboxylic acids is 1. The van der Waals surface area contributed by atoms with Gasteiger partial charge in [-0.25, -0.2) is 9.78 Å². The van der Waals surface area contributed by atoms with E-state index in [9.17, 15) is 4.79 Å². The number of hydrogen-bond donors (Lipinski definition) is 3. The molecule has 7 nitrogen and oxygen atoms in total. The van der Waals surface area contributed by atoms with Gasteiger partial charge in [0.05, 0.1) is 12.4 Å². The zero-order chi connectivity index (χ0) is 9.97. The number of nitrogens with one attached hydrogen (secondary N) is 2. The van der Waals surface area contributed by atoms with Crippen LogP contribution in [0.5, 0.6) is 0 Å². The van der Waals surface area contributed by atoms with Crippen LogP contribution in [0.2, 0.25) is 0 Å². The summed E-state index contributed by atoms with van der Waals surface area (Å²) in [6, 6.07) is 0. The third kappa shape index (κ3) is 1.42. The van der Waals surface area contributed by atoms with Crippen LogP contribution >= 0.6 is 0 Å². The quantitative estimate of drug-likeness (QED) is 0.668. The first kappa shape index (κ1) is 8.30. The molecule has 0 amide bonds. The number of rotatable bonds is 3. The van der Waals surface area contributed by atoms with Gasteiger partial charge in [0.2, 0.25) is 5.88 Å². The van der Waals surface area contributed by atoms with Crippen LogP contribution in [0.15, 0.2) is 23.2 Å². The molecular weight excluding hydrogens is 188 g/mol. The van der Waals surface area contributed by atoms with E-state index in [1.165, 1.54) is 18.8 Å².